The Morgan fingerprint density at radius 3 is 2.29 bits per heavy atom. The summed E-state index contributed by atoms with van der Waals surface area (Å²) in [5, 5.41) is 0. The molecule has 1 heterocycles. The minimum absolute atomic E-state index is 0.0696. The monoisotopic (exact) mass is 309 g/mol. The summed E-state index contributed by atoms with van der Waals surface area (Å²) in [7, 11) is -0.886. The van der Waals surface area contributed by atoms with E-state index in [1.165, 1.54) is 44.7 Å². The molecular formula is C13H15N3O4S. The SMILES string of the molecule is COc1cc(NS(=O)(=O)c2cccnc2N)cc(OC)c1. The van der Waals surface area contributed by atoms with Gasteiger partial charge in [-0.1, -0.05) is 0 Å². The van der Waals surface area contributed by atoms with Crippen molar-refractivity contribution in [3.8, 4) is 11.5 Å². The lowest BCUT2D eigenvalue weighted by Gasteiger charge is -2.12. The van der Waals surface area contributed by atoms with Gasteiger partial charge >= 0.3 is 0 Å². The van der Waals surface area contributed by atoms with Crippen molar-refractivity contribution in [2.24, 2.45) is 0 Å². The van der Waals surface area contributed by atoms with Crippen LogP contribution in [-0.4, -0.2) is 27.6 Å². The molecule has 0 fully saturated rings. The molecule has 0 bridgehead atoms. The van der Waals surface area contributed by atoms with E-state index in [1.54, 1.807) is 6.07 Å². The number of aromatic nitrogens is 1. The van der Waals surface area contributed by atoms with Crippen molar-refractivity contribution >= 4 is 21.5 Å². The highest BCUT2D eigenvalue weighted by molar-refractivity contribution is 7.92. The van der Waals surface area contributed by atoms with Crippen LogP contribution < -0.4 is 19.9 Å². The van der Waals surface area contributed by atoms with E-state index in [4.69, 9.17) is 15.2 Å². The summed E-state index contributed by atoms with van der Waals surface area (Å²) < 4.78 is 37.2. The van der Waals surface area contributed by atoms with Crippen molar-refractivity contribution in [3.63, 3.8) is 0 Å². The van der Waals surface area contributed by atoms with Crippen LogP contribution >= 0.6 is 0 Å². The van der Waals surface area contributed by atoms with Crippen LogP contribution in [0.15, 0.2) is 41.4 Å². The lowest BCUT2D eigenvalue weighted by atomic mass is 10.3. The molecule has 0 aliphatic heterocycles. The first-order valence-corrected chi connectivity index (χ1v) is 7.41. The average Bonchev–Trinajstić information content (AvgIpc) is 2.46. The molecule has 0 radical (unpaired) electrons. The van der Waals surface area contributed by atoms with Crippen molar-refractivity contribution in [2.75, 3.05) is 24.7 Å². The van der Waals surface area contributed by atoms with Crippen LogP contribution in [0.25, 0.3) is 0 Å². The molecule has 1 aromatic heterocycles. The second-order valence-electron chi connectivity index (χ2n) is 4.09. The van der Waals surface area contributed by atoms with Gasteiger partial charge in [0.15, 0.2) is 0 Å². The van der Waals surface area contributed by atoms with E-state index in [-0.39, 0.29) is 10.7 Å². The lowest BCUT2D eigenvalue weighted by molar-refractivity contribution is 0.395. The summed E-state index contributed by atoms with van der Waals surface area (Å²) in [6.07, 6.45) is 1.42. The van der Waals surface area contributed by atoms with Crippen LogP contribution in [0.4, 0.5) is 11.5 Å². The number of nitrogens with one attached hydrogen (secondary N) is 1. The average molecular weight is 309 g/mol. The first kappa shape index (κ1) is 14.9. The number of ether oxygens (including phenoxy) is 2. The summed E-state index contributed by atoms with van der Waals surface area (Å²) in [6.45, 7) is 0. The Balaban J connectivity index is 2.39. The van der Waals surface area contributed by atoms with Gasteiger partial charge in [-0.2, -0.15) is 0 Å². The Kier molecular flexibility index (Phi) is 4.18. The third-order valence-corrected chi connectivity index (χ3v) is 4.12. The Hall–Kier alpha value is -2.48. The normalized spacial score (nSPS) is 11.0. The molecule has 112 valence electrons. The maximum Gasteiger partial charge on any atom is 0.265 e. The second kappa shape index (κ2) is 5.88. The highest BCUT2D eigenvalue weighted by atomic mass is 32.2. The number of nitrogens with zero attached hydrogens (tertiary/aromatic N) is 1. The number of hydrogen-bond acceptors (Lipinski definition) is 6. The maximum absolute atomic E-state index is 12.3. The van der Waals surface area contributed by atoms with Crippen LogP contribution in [0, 0.1) is 0 Å². The first-order valence-electron chi connectivity index (χ1n) is 5.92. The van der Waals surface area contributed by atoms with Crippen LogP contribution in [0.3, 0.4) is 0 Å². The molecule has 1 aromatic carbocycles. The van der Waals surface area contributed by atoms with Crippen molar-refractivity contribution < 1.29 is 17.9 Å². The molecule has 0 saturated heterocycles. The predicted molar refractivity (Wildman–Crippen MR) is 79.0 cm³/mol. The van der Waals surface area contributed by atoms with Crippen LogP contribution in [0.2, 0.25) is 0 Å². The fourth-order valence-corrected chi connectivity index (χ4v) is 2.83. The molecule has 3 N–H and O–H groups in total. The molecule has 7 nitrogen and oxygen atoms in total. The topological polar surface area (TPSA) is 104 Å². The van der Waals surface area contributed by atoms with E-state index in [0.29, 0.717) is 17.2 Å². The summed E-state index contributed by atoms with van der Waals surface area (Å²) in [6, 6.07) is 7.58. The number of rotatable bonds is 5. The zero-order chi connectivity index (χ0) is 15.5. The minimum Gasteiger partial charge on any atom is -0.497 e. The molecule has 0 amide bonds. The number of pyridine rings is 1. The van der Waals surface area contributed by atoms with Crippen molar-refractivity contribution in [2.45, 2.75) is 4.90 Å². The van der Waals surface area contributed by atoms with E-state index in [9.17, 15) is 8.42 Å². The molecule has 0 unspecified atom stereocenters. The van der Waals surface area contributed by atoms with Gasteiger partial charge in [0.2, 0.25) is 0 Å². The van der Waals surface area contributed by atoms with E-state index >= 15 is 0 Å². The first-order chi connectivity index (χ1) is 9.96. The lowest BCUT2D eigenvalue weighted by Crippen LogP contribution is -2.15. The summed E-state index contributed by atoms with van der Waals surface area (Å²) >= 11 is 0. The predicted octanol–water partition coefficient (Wildman–Crippen LogP) is 1.48. The Labute approximate surface area is 122 Å². The summed E-state index contributed by atoms with van der Waals surface area (Å²) in [4.78, 5) is 3.67. The number of methoxy groups -OCH3 is 2. The Morgan fingerprint density at radius 1 is 1.14 bits per heavy atom. The van der Waals surface area contributed by atoms with Crippen LogP contribution in [0.1, 0.15) is 0 Å². The molecule has 2 aromatic rings. The van der Waals surface area contributed by atoms with Gasteiger partial charge in [-0.15, -0.1) is 0 Å². The van der Waals surface area contributed by atoms with Gasteiger partial charge in [-0.25, -0.2) is 13.4 Å². The van der Waals surface area contributed by atoms with E-state index in [0.717, 1.165) is 0 Å². The van der Waals surface area contributed by atoms with Gasteiger partial charge in [-0.05, 0) is 12.1 Å². The molecule has 2 rings (SSSR count). The van der Waals surface area contributed by atoms with E-state index < -0.39 is 10.0 Å². The number of nitrogen functional groups attached to an aromatic ring is 1. The van der Waals surface area contributed by atoms with Gasteiger partial charge < -0.3 is 15.2 Å². The zero-order valence-electron chi connectivity index (χ0n) is 11.5. The summed E-state index contributed by atoms with van der Waals surface area (Å²) in [5.74, 6) is 0.859. The zero-order valence-corrected chi connectivity index (χ0v) is 12.3. The number of sulfonamides is 1. The van der Waals surface area contributed by atoms with Crippen molar-refractivity contribution in [1.82, 2.24) is 4.98 Å². The molecule has 0 atom stereocenters. The van der Waals surface area contributed by atoms with Crippen molar-refractivity contribution in [1.29, 1.82) is 0 Å². The van der Waals surface area contributed by atoms with E-state index in [2.05, 4.69) is 9.71 Å². The van der Waals surface area contributed by atoms with Crippen LogP contribution in [-0.2, 0) is 10.0 Å². The molecular weight excluding hydrogens is 294 g/mol. The smallest absolute Gasteiger partial charge is 0.265 e. The van der Waals surface area contributed by atoms with Gasteiger partial charge in [-0.3, -0.25) is 4.72 Å². The maximum atomic E-state index is 12.3. The molecule has 8 heteroatoms. The highest BCUT2D eigenvalue weighted by Gasteiger charge is 2.18. The minimum atomic E-state index is -3.84. The molecule has 0 spiro atoms. The van der Waals surface area contributed by atoms with Gasteiger partial charge in [0.1, 0.15) is 22.2 Å². The molecule has 21 heavy (non-hydrogen) atoms. The molecule has 0 aliphatic carbocycles. The Morgan fingerprint density at radius 2 is 1.76 bits per heavy atom. The standard InChI is InChI=1S/C13H15N3O4S/c1-19-10-6-9(7-11(8-10)20-2)16-21(17,18)12-4-3-5-15-13(12)14/h3-8,16H,1-2H3,(H2,14,15). The molecule has 0 aliphatic rings. The van der Waals surface area contributed by atoms with Gasteiger partial charge in [0, 0.05) is 24.4 Å². The second-order valence-corrected chi connectivity index (χ2v) is 5.74. The molecule has 0 saturated carbocycles. The van der Waals surface area contributed by atoms with E-state index in [1.807, 2.05) is 0 Å². The van der Waals surface area contributed by atoms with Gasteiger partial charge in [0.05, 0.1) is 19.9 Å². The largest absolute Gasteiger partial charge is 0.497 e. The third-order valence-electron chi connectivity index (χ3n) is 2.69. The fraction of sp³-hybridized carbons (Fsp3) is 0.154. The number of hydrogen-bond donors (Lipinski definition) is 2. The summed E-state index contributed by atoms with van der Waals surface area (Å²) in [5.41, 5.74) is 5.89. The quantitative estimate of drug-likeness (QED) is 0.867. The highest BCUT2D eigenvalue weighted by Crippen LogP contribution is 2.28. The number of benzene rings is 1. The Bertz CT molecular complexity index is 725. The number of nitrogens with two attached hydrogens (primary N) is 1. The van der Waals surface area contributed by atoms with Crippen LogP contribution in [0.5, 0.6) is 11.5 Å². The van der Waals surface area contributed by atoms with Gasteiger partial charge in [0.25, 0.3) is 10.0 Å². The fourth-order valence-electron chi connectivity index (χ4n) is 1.71. The number of anilines is 2. The van der Waals surface area contributed by atoms with Crippen molar-refractivity contribution in [3.05, 3.63) is 36.5 Å². The third kappa shape index (κ3) is 3.34.